The molecule has 1 fully saturated rings. The molecular formula is C13H25N5O. The van der Waals surface area contributed by atoms with Crippen LogP contribution >= 0.6 is 0 Å². The van der Waals surface area contributed by atoms with E-state index in [2.05, 4.69) is 48.3 Å². The zero-order chi connectivity index (χ0) is 13.9. The van der Waals surface area contributed by atoms with Gasteiger partial charge < -0.3 is 15.0 Å². The van der Waals surface area contributed by atoms with Crippen molar-refractivity contribution in [1.82, 2.24) is 25.2 Å². The monoisotopic (exact) mass is 267 g/mol. The highest BCUT2D eigenvalue weighted by molar-refractivity contribution is 4.94. The van der Waals surface area contributed by atoms with Crippen molar-refractivity contribution < 1.29 is 4.74 Å². The number of nitrogens with zero attached hydrogens (tertiary/aromatic N) is 4. The van der Waals surface area contributed by atoms with Crippen LogP contribution in [0.5, 0.6) is 0 Å². The molecule has 0 aliphatic carbocycles. The highest BCUT2D eigenvalue weighted by Gasteiger charge is 2.18. The fourth-order valence-electron chi connectivity index (χ4n) is 2.06. The Morgan fingerprint density at radius 1 is 1.47 bits per heavy atom. The van der Waals surface area contributed by atoms with E-state index in [-0.39, 0.29) is 11.6 Å². The summed E-state index contributed by atoms with van der Waals surface area (Å²) in [4.78, 5) is 2.30. The van der Waals surface area contributed by atoms with Crippen LogP contribution in [0.4, 0.5) is 0 Å². The maximum Gasteiger partial charge on any atom is 0.0965 e. The first-order valence-electron chi connectivity index (χ1n) is 6.88. The van der Waals surface area contributed by atoms with Gasteiger partial charge in [-0.25, -0.2) is 4.68 Å². The fourth-order valence-corrected chi connectivity index (χ4v) is 2.06. The van der Waals surface area contributed by atoms with Crippen molar-refractivity contribution >= 4 is 0 Å². The van der Waals surface area contributed by atoms with Gasteiger partial charge in [0.05, 0.1) is 30.1 Å². The van der Waals surface area contributed by atoms with E-state index in [0.717, 1.165) is 38.5 Å². The van der Waals surface area contributed by atoms with Gasteiger partial charge in [-0.2, -0.15) is 0 Å². The molecule has 1 aromatic heterocycles. The molecule has 108 valence electrons. The summed E-state index contributed by atoms with van der Waals surface area (Å²) in [7, 11) is 2.13. The smallest absolute Gasteiger partial charge is 0.0965 e. The predicted molar refractivity (Wildman–Crippen MR) is 74.0 cm³/mol. The van der Waals surface area contributed by atoms with Crippen LogP contribution in [0, 0.1) is 0 Å². The molecule has 1 aliphatic heterocycles. The molecule has 0 saturated carbocycles. The van der Waals surface area contributed by atoms with Crippen LogP contribution in [0.25, 0.3) is 0 Å². The molecule has 1 atom stereocenters. The Morgan fingerprint density at radius 3 is 2.89 bits per heavy atom. The largest absolute Gasteiger partial charge is 0.374 e. The number of nitrogens with one attached hydrogen (secondary N) is 1. The van der Waals surface area contributed by atoms with E-state index in [1.807, 2.05) is 10.9 Å². The van der Waals surface area contributed by atoms with Crippen molar-refractivity contribution in [3.63, 3.8) is 0 Å². The third kappa shape index (κ3) is 4.26. The first-order valence-corrected chi connectivity index (χ1v) is 6.88. The highest BCUT2D eigenvalue weighted by Crippen LogP contribution is 2.11. The Hall–Kier alpha value is -0.980. The SMILES string of the molecule is CN1CCOC(CNCc2cn(C(C)(C)C)nn2)C1. The summed E-state index contributed by atoms with van der Waals surface area (Å²) >= 11 is 0. The molecule has 19 heavy (non-hydrogen) atoms. The Kier molecular flexibility index (Phi) is 4.54. The first-order chi connectivity index (χ1) is 8.95. The zero-order valence-electron chi connectivity index (χ0n) is 12.4. The number of morpholine rings is 1. The van der Waals surface area contributed by atoms with Gasteiger partial charge in [-0.3, -0.25) is 0 Å². The summed E-state index contributed by atoms with van der Waals surface area (Å²) in [6, 6.07) is 0. The number of aromatic nitrogens is 3. The van der Waals surface area contributed by atoms with Crippen LogP contribution in [-0.4, -0.2) is 59.3 Å². The Bertz CT molecular complexity index is 398. The number of hydrogen-bond donors (Lipinski definition) is 1. The van der Waals surface area contributed by atoms with Crippen molar-refractivity contribution in [3.05, 3.63) is 11.9 Å². The molecule has 0 radical (unpaired) electrons. The topological polar surface area (TPSA) is 55.2 Å². The molecule has 6 nitrogen and oxygen atoms in total. The Labute approximate surface area is 115 Å². The Balaban J connectivity index is 1.75. The number of rotatable bonds is 4. The molecule has 0 bridgehead atoms. The van der Waals surface area contributed by atoms with Crippen molar-refractivity contribution in [3.8, 4) is 0 Å². The van der Waals surface area contributed by atoms with Gasteiger partial charge in [0.25, 0.3) is 0 Å². The van der Waals surface area contributed by atoms with Gasteiger partial charge in [-0.05, 0) is 27.8 Å². The third-order valence-electron chi connectivity index (χ3n) is 3.25. The van der Waals surface area contributed by atoms with Gasteiger partial charge in [-0.1, -0.05) is 5.21 Å². The molecule has 1 unspecified atom stereocenters. The molecule has 1 aromatic rings. The van der Waals surface area contributed by atoms with E-state index in [4.69, 9.17) is 4.74 Å². The summed E-state index contributed by atoms with van der Waals surface area (Å²) in [6.45, 7) is 10.8. The minimum Gasteiger partial charge on any atom is -0.374 e. The van der Waals surface area contributed by atoms with E-state index < -0.39 is 0 Å². The number of ether oxygens (including phenoxy) is 1. The van der Waals surface area contributed by atoms with Crippen LogP contribution in [-0.2, 0) is 16.8 Å². The summed E-state index contributed by atoms with van der Waals surface area (Å²) in [6.07, 6.45) is 2.28. The number of likely N-dealkylation sites (N-methyl/N-ethyl adjacent to an activating group) is 1. The van der Waals surface area contributed by atoms with Crippen molar-refractivity contribution in [2.75, 3.05) is 33.3 Å². The van der Waals surface area contributed by atoms with Crippen LogP contribution < -0.4 is 5.32 Å². The average molecular weight is 267 g/mol. The first kappa shape index (κ1) is 14.4. The summed E-state index contributed by atoms with van der Waals surface area (Å²) in [5, 5.41) is 11.7. The molecule has 0 amide bonds. The van der Waals surface area contributed by atoms with E-state index in [0.29, 0.717) is 0 Å². The molecule has 1 saturated heterocycles. The maximum atomic E-state index is 5.70. The van der Waals surface area contributed by atoms with Gasteiger partial charge in [0.1, 0.15) is 0 Å². The van der Waals surface area contributed by atoms with E-state index in [1.54, 1.807) is 0 Å². The Morgan fingerprint density at radius 2 is 2.26 bits per heavy atom. The minimum absolute atomic E-state index is 0.0134. The summed E-state index contributed by atoms with van der Waals surface area (Å²) in [5.74, 6) is 0. The molecule has 0 aromatic carbocycles. The molecule has 1 aliphatic rings. The summed E-state index contributed by atoms with van der Waals surface area (Å²) < 4.78 is 7.60. The number of hydrogen-bond acceptors (Lipinski definition) is 5. The van der Waals surface area contributed by atoms with Gasteiger partial charge in [-0.15, -0.1) is 5.10 Å². The lowest BCUT2D eigenvalue weighted by Crippen LogP contribution is -2.44. The molecule has 1 N–H and O–H groups in total. The van der Waals surface area contributed by atoms with Gasteiger partial charge in [0, 0.05) is 26.2 Å². The highest BCUT2D eigenvalue weighted by atomic mass is 16.5. The lowest BCUT2D eigenvalue weighted by atomic mass is 10.1. The summed E-state index contributed by atoms with van der Waals surface area (Å²) in [5.41, 5.74) is 0.958. The average Bonchev–Trinajstić information content (AvgIpc) is 2.77. The third-order valence-corrected chi connectivity index (χ3v) is 3.25. The van der Waals surface area contributed by atoms with Crippen molar-refractivity contribution in [2.45, 2.75) is 39.0 Å². The van der Waals surface area contributed by atoms with E-state index in [1.165, 1.54) is 0 Å². The van der Waals surface area contributed by atoms with Crippen LogP contribution in [0.3, 0.4) is 0 Å². The normalized spacial score (nSPS) is 21.8. The quantitative estimate of drug-likeness (QED) is 0.858. The van der Waals surface area contributed by atoms with Crippen LogP contribution in [0.15, 0.2) is 6.20 Å². The molecule has 6 heteroatoms. The zero-order valence-corrected chi connectivity index (χ0v) is 12.4. The van der Waals surface area contributed by atoms with Gasteiger partial charge >= 0.3 is 0 Å². The second-order valence-corrected chi connectivity index (χ2v) is 6.21. The van der Waals surface area contributed by atoms with Gasteiger partial charge in [0.15, 0.2) is 0 Å². The molecule has 2 rings (SSSR count). The lowest BCUT2D eigenvalue weighted by molar-refractivity contribution is -0.0182. The predicted octanol–water partition coefficient (Wildman–Crippen LogP) is 0.453. The fraction of sp³-hybridized carbons (Fsp3) is 0.846. The van der Waals surface area contributed by atoms with Crippen LogP contribution in [0.2, 0.25) is 0 Å². The second-order valence-electron chi connectivity index (χ2n) is 6.21. The van der Waals surface area contributed by atoms with E-state index in [9.17, 15) is 0 Å². The van der Waals surface area contributed by atoms with Crippen molar-refractivity contribution in [2.24, 2.45) is 0 Å². The maximum absolute atomic E-state index is 5.70. The lowest BCUT2D eigenvalue weighted by Gasteiger charge is -2.30. The van der Waals surface area contributed by atoms with Crippen molar-refractivity contribution in [1.29, 1.82) is 0 Å². The minimum atomic E-state index is -0.0134. The van der Waals surface area contributed by atoms with E-state index >= 15 is 0 Å². The van der Waals surface area contributed by atoms with Gasteiger partial charge in [0.2, 0.25) is 0 Å². The van der Waals surface area contributed by atoms with Crippen LogP contribution in [0.1, 0.15) is 26.5 Å². The second kappa shape index (κ2) is 5.98. The molecule has 0 spiro atoms. The standard InChI is InChI=1S/C13H25N5O/c1-13(2,3)18-9-11(15-16-18)7-14-8-12-10-17(4)5-6-19-12/h9,12,14H,5-8,10H2,1-4H3. The molecule has 2 heterocycles. The molecular weight excluding hydrogens is 242 g/mol.